The Labute approximate surface area is 236 Å². The second-order valence-electron chi connectivity index (χ2n) is 8.72. The molecule has 3 aromatic carbocycles. The van der Waals surface area contributed by atoms with Crippen molar-refractivity contribution >= 4 is 41.2 Å². The maximum Gasteiger partial charge on any atom is 0.335 e. The van der Waals surface area contributed by atoms with Crippen molar-refractivity contribution in [3.8, 4) is 23.0 Å². The third kappa shape index (κ3) is 6.64. The third-order valence-corrected chi connectivity index (χ3v) is 5.93. The van der Waals surface area contributed by atoms with E-state index < -0.39 is 23.8 Å². The van der Waals surface area contributed by atoms with E-state index >= 15 is 0 Å². The van der Waals surface area contributed by atoms with E-state index in [1.165, 1.54) is 32.4 Å². The van der Waals surface area contributed by atoms with E-state index in [2.05, 4.69) is 10.6 Å². The standard InChI is InChI=1S/C30H29N3O8/c1-4-15-40-25-14-13-20(17-26(25)39-3)33-29(36)21(28(35)32-30(33)37)16-19-9-5-7-11-23(19)41-18-27(34)31-22-10-6-8-12-24(22)38-2/h5-14,16-17H,4,15,18H2,1-3H3,(H,31,34)(H,32,35,37)/b21-16-. The number of barbiturate groups is 1. The number of carbonyl (C=O) groups is 4. The first-order valence-electron chi connectivity index (χ1n) is 12.7. The van der Waals surface area contributed by atoms with Crippen molar-refractivity contribution in [2.45, 2.75) is 13.3 Å². The van der Waals surface area contributed by atoms with E-state index in [9.17, 15) is 19.2 Å². The molecule has 1 aliphatic heterocycles. The Morgan fingerprint density at radius 1 is 0.878 bits per heavy atom. The summed E-state index contributed by atoms with van der Waals surface area (Å²) < 4.78 is 22.0. The fraction of sp³-hybridized carbons (Fsp3) is 0.200. The molecule has 0 unspecified atom stereocenters. The summed E-state index contributed by atoms with van der Waals surface area (Å²) in [5, 5.41) is 4.91. The van der Waals surface area contributed by atoms with Gasteiger partial charge in [0.05, 0.1) is 32.2 Å². The number of imide groups is 2. The molecule has 0 bridgehead atoms. The lowest BCUT2D eigenvalue weighted by molar-refractivity contribution is -0.122. The SMILES string of the molecule is CCCOc1ccc(N2C(=O)NC(=O)/C(=C/c3ccccc3OCC(=O)Nc3ccccc3OC)C2=O)cc1OC. The molecule has 1 aliphatic rings. The smallest absolute Gasteiger partial charge is 0.335 e. The first-order valence-corrected chi connectivity index (χ1v) is 12.7. The summed E-state index contributed by atoms with van der Waals surface area (Å²) in [6, 6.07) is 17.2. The van der Waals surface area contributed by atoms with Crippen LogP contribution in [0.15, 0.2) is 72.3 Å². The number of rotatable bonds is 11. The Hall–Kier alpha value is -5.32. The molecule has 3 aromatic rings. The molecule has 0 radical (unpaired) electrons. The predicted molar refractivity (Wildman–Crippen MR) is 151 cm³/mol. The highest BCUT2D eigenvalue weighted by atomic mass is 16.5. The molecule has 0 aliphatic carbocycles. The van der Waals surface area contributed by atoms with Crippen molar-refractivity contribution in [2.24, 2.45) is 0 Å². The van der Waals surface area contributed by atoms with Gasteiger partial charge in [-0.1, -0.05) is 37.3 Å². The maximum atomic E-state index is 13.4. The van der Waals surface area contributed by atoms with Crippen LogP contribution in [0.3, 0.4) is 0 Å². The highest BCUT2D eigenvalue weighted by molar-refractivity contribution is 6.39. The van der Waals surface area contributed by atoms with Gasteiger partial charge >= 0.3 is 6.03 Å². The number of anilines is 2. The van der Waals surface area contributed by atoms with Gasteiger partial charge in [0.15, 0.2) is 18.1 Å². The van der Waals surface area contributed by atoms with Crippen LogP contribution in [-0.2, 0) is 14.4 Å². The average Bonchev–Trinajstić information content (AvgIpc) is 2.98. The van der Waals surface area contributed by atoms with Gasteiger partial charge in [0.1, 0.15) is 17.1 Å². The highest BCUT2D eigenvalue weighted by Crippen LogP contribution is 2.34. The normalized spacial score (nSPS) is 14.0. The van der Waals surface area contributed by atoms with Crippen molar-refractivity contribution < 1.29 is 38.1 Å². The van der Waals surface area contributed by atoms with Crippen molar-refractivity contribution in [1.82, 2.24) is 5.32 Å². The molecule has 5 amide bonds. The molecule has 1 fully saturated rings. The molecular weight excluding hydrogens is 530 g/mol. The van der Waals surface area contributed by atoms with Gasteiger partial charge in [-0.05, 0) is 42.8 Å². The Morgan fingerprint density at radius 3 is 2.32 bits per heavy atom. The molecule has 41 heavy (non-hydrogen) atoms. The van der Waals surface area contributed by atoms with E-state index in [1.807, 2.05) is 6.92 Å². The van der Waals surface area contributed by atoms with Gasteiger partial charge in [-0.2, -0.15) is 0 Å². The lowest BCUT2D eigenvalue weighted by Crippen LogP contribution is -2.54. The van der Waals surface area contributed by atoms with Gasteiger partial charge in [0, 0.05) is 11.6 Å². The molecule has 0 spiro atoms. The lowest BCUT2D eigenvalue weighted by atomic mass is 10.1. The molecule has 2 N–H and O–H groups in total. The quantitative estimate of drug-likeness (QED) is 0.264. The van der Waals surface area contributed by atoms with E-state index in [4.69, 9.17) is 18.9 Å². The van der Waals surface area contributed by atoms with Crippen LogP contribution < -0.4 is 34.5 Å². The van der Waals surface area contributed by atoms with Crippen LogP contribution in [0.5, 0.6) is 23.0 Å². The largest absolute Gasteiger partial charge is 0.495 e. The zero-order chi connectivity index (χ0) is 29.4. The van der Waals surface area contributed by atoms with Gasteiger partial charge in [-0.3, -0.25) is 19.7 Å². The summed E-state index contributed by atoms with van der Waals surface area (Å²) in [6.45, 7) is 2.07. The minimum Gasteiger partial charge on any atom is -0.495 e. The number of urea groups is 1. The van der Waals surface area contributed by atoms with Crippen LogP contribution in [0.1, 0.15) is 18.9 Å². The number of benzene rings is 3. The molecule has 11 nitrogen and oxygen atoms in total. The zero-order valence-corrected chi connectivity index (χ0v) is 22.8. The van der Waals surface area contributed by atoms with Crippen molar-refractivity contribution in [3.63, 3.8) is 0 Å². The molecular formula is C30H29N3O8. The number of amides is 5. The van der Waals surface area contributed by atoms with Gasteiger partial charge in [-0.25, -0.2) is 9.69 Å². The Bertz CT molecular complexity index is 1500. The van der Waals surface area contributed by atoms with E-state index in [-0.39, 0.29) is 23.6 Å². The number of hydrogen-bond donors (Lipinski definition) is 2. The van der Waals surface area contributed by atoms with E-state index in [0.717, 1.165) is 11.3 Å². The van der Waals surface area contributed by atoms with Crippen LogP contribution in [-0.4, -0.2) is 51.2 Å². The van der Waals surface area contributed by atoms with Crippen molar-refractivity contribution in [1.29, 1.82) is 0 Å². The summed E-state index contributed by atoms with van der Waals surface area (Å²) in [5.41, 5.74) is 0.717. The molecule has 4 rings (SSSR count). The molecule has 11 heteroatoms. The molecule has 0 saturated carbocycles. The van der Waals surface area contributed by atoms with E-state index in [1.54, 1.807) is 54.6 Å². The van der Waals surface area contributed by atoms with Crippen LogP contribution in [0.4, 0.5) is 16.2 Å². The Balaban J connectivity index is 1.55. The van der Waals surface area contributed by atoms with Gasteiger partial charge in [0.25, 0.3) is 17.7 Å². The molecule has 1 saturated heterocycles. The van der Waals surface area contributed by atoms with Gasteiger partial charge in [0.2, 0.25) is 0 Å². The Kier molecular flexibility index (Phi) is 9.20. The van der Waals surface area contributed by atoms with Crippen LogP contribution >= 0.6 is 0 Å². The summed E-state index contributed by atoms with van der Waals surface area (Å²) in [4.78, 5) is 52.2. The topological polar surface area (TPSA) is 132 Å². The molecule has 0 atom stereocenters. The summed E-state index contributed by atoms with van der Waals surface area (Å²) in [7, 11) is 2.94. The first kappa shape index (κ1) is 28.7. The summed E-state index contributed by atoms with van der Waals surface area (Å²) >= 11 is 0. The number of para-hydroxylation sites is 3. The minimum absolute atomic E-state index is 0.184. The van der Waals surface area contributed by atoms with Crippen LogP contribution in [0.25, 0.3) is 6.08 Å². The monoisotopic (exact) mass is 559 g/mol. The van der Waals surface area contributed by atoms with Crippen molar-refractivity contribution in [2.75, 3.05) is 37.7 Å². The van der Waals surface area contributed by atoms with Gasteiger partial charge < -0.3 is 24.3 Å². The molecule has 0 aromatic heterocycles. The van der Waals surface area contributed by atoms with E-state index in [0.29, 0.717) is 35.1 Å². The van der Waals surface area contributed by atoms with Gasteiger partial charge in [-0.15, -0.1) is 0 Å². The predicted octanol–water partition coefficient (Wildman–Crippen LogP) is 4.18. The second kappa shape index (κ2) is 13.2. The third-order valence-electron chi connectivity index (χ3n) is 5.93. The summed E-state index contributed by atoms with van der Waals surface area (Å²) in [6.07, 6.45) is 2.09. The Morgan fingerprint density at radius 2 is 1.59 bits per heavy atom. The number of hydrogen-bond acceptors (Lipinski definition) is 8. The first-order chi connectivity index (χ1) is 19.9. The highest BCUT2D eigenvalue weighted by Gasteiger charge is 2.37. The lowest BCUT2D eigenvalue weighted by Gasteiger charge is -2.27. The second-order valence-corrected chi connectivity index (χ2v) is 8.72. The number of nitrogens with one attached hydrogen (secondary N) is 2. The number of ether oxygens (including phenoxy) is 4. The van der Waals surface area contributed by atoms with Crippen molar-refractivity contribution in [3.05, 3.63) is 77.9 Å². The fourth-order valence-electron chi connectivity index (χ4n) is 3.98. The number of carbonyl (C=O) groups excluding carboxylic acids is 4. The molecule has 1 heterocycles. The minimum atomic E-state index is -0.904. The van der Waals surface area contributed by atoms with Crippen LogP contribution in [0, 0.1) is 0 Å². The average molecular weight is 560 g/mol. The molecule has 212 valence electrons. The fourth-order valence-corrected chi connectivity index (χ4v) is 3.98. The number of methoxy groups -OCH3 is 2. The zero-order valence-electron chi connectivity index (χ0n) is 22.8. The van der Waals surface area contributed by atoms with Crippen LogP contribution in [0.2, 0.25) is 0 Å². The maximum absolute atomic E-state index is 13.4. The number of nitrogens with zero attached hydrogens (tertiary/aromatic N) is 1. The summed E-state index contributed by atoms with van der Waals surface area (Å²) in [5.74, 6) is -0.632.